The Balaban J connectivity index is 3.15. The van der Waals surface area contributed by atoms with Crippen molar-refractivity contribution in [3.63, 3.8) is 0 Å². The number of hydrogen-bond acceptors (Lipinski definition) is 4. The van der Waals surface area contributed by atoms with E-state index in [2.05, 4.69) is 49.4 Å². The van der Waals surface area contributed by atoms with Gasteiger partial charge in [-0.15, -0.1) is 10.2 Å². The second-order valence-electron chi connectivity index (χ2n) is 5.18. The second kappa shape index (κ2) is 5.73. The van der Waals surface area contributed by atoms with E-state index < -0.39 is 5.97 Å². The number of carboxylic acid groups (broad SMARTS) is 1. The first kappa shape index (κ1) is 15.0. The van der Waals surface area contributed by atoms with Gasteiger partial charge in [0.2, 0.25) is 0 Å². The minimum atomic E-state index is -0.838. The average molecular weight is 271 g/mol. The average Bonchev–Trinajstić information content (AvgIpc) is 2.70. The van der Waals surface area contributed by atoms with Crippen LogP contribution in [0.1, 0.15) is 52.8 Å². The summed E-state index contributed by atoms with van der Waals surface area (Å²) in [4.78, 5) is 10.7. The molecule has 1 heterocycles. The van der Waals surface area contributed by atoms with Crippen molar-refractivity contribution >= 4 is 17.7 Å². The van der Waals surface area contributed by atoms with E-state index in [-0.39, 0.29) is 17.2 Å². The molecule has 0 fully saturated rings. The van der Waals surface area contributed by atoms with Crippen molar-refractivity contribution in [2.75, 3.05) is 5.75 Å². The molecular formula is C12H21N3O2S. The predicted molar refractivity (Wildman–Crippen MR) is 72.1 cm³/mol. The van der Waals surface area contributed by atoms with Gasteiger partial charge in [0.1, 0.15) is 5.82 Å². The van der Waals surface area contributed by atoms with Crippen molar-refractivity contribution in [1.82, 2.24) is 14.8 Å². The normalized spacial score (nSPS) is 12.1. The van der Waals surface area contributed by atoms with Gasteiger partial charge in [-0.2, -0.15) is 0 Å². The van der Waals surface area contributed by atoms with Gasteiger partial charge in [0, 0.05) is 11.5 Å². The van der Waals surface area contributed by atoms with E-state index in [9.17, 15) is 4.79 Å². The zero-order chi connectivity index (χ0) is 13.9. The van der Waals surface area contributed by atoms with Gasteiger partial charge in [0.15, 0.2) is 5.16 Å². The van der Waals surface area contributed by atoms with Crippen LogP contribution in [0, 0.1) is 0 Å². The lowest BCUT2D eigenvalue weighted by molar-refractivity contribution is -0.133. The molecule has 0 saturated carbocycles. The molecule has 1 aromatic heterocycles. The molecule has 0 aliphatic heterocycles. The molecule has 0 spiro atoms. The minimum Gasteiger partial charge on any atom is -0.481 e. The van der Waals surface area contributed by atoms with E-state index in [0.29, 0.717) is 5.16 Å². The molecule has 1 rings (SSSR count). The zero-order valence-electron chi connectivity index (χ0n) is 11.6. The molecular weight excluding hydrogens is 250 g/mol. The van der Waals surface area contributed by atoms with Gasteiger partial charge in [-0.05, 0) is 20.3 Å². The highest BCUT2D eigenvalue weighted by molar-refractivity contribution is 7.99. The number of aromatic nitrogens is 3. The number of carbonyl (C=O) groups is 1. The van der Waals surface area contributed by atoms with Crippen molar-refractivity contribution in [2.45, 2.75) is 57.7 Å². The molecule has 0 unspecified atom stereocenters. The SMILES string of the molecule is CCC(C)(C)n1c(SCC(=O)O)nnc1C(C)C. The second-order valence-corrected chi connectivity index (χ2v) is 6.12. The van der Waals surface area contributed by atoms with Gasteiger partial charge in [-0.25, -0.2) is 0 Å². The molecule has 0 aliphatic carbocycles. The fourth-order valence-corrected chi connectivity index (χ4v) is 2.42. The molecule has 0 bridgehead atoms. The zero-order valence-corrected chi connectivity index (χ0v) is 12.4. The highest BCUT2D eigenvalue weighted by Crippen LogP contribution is 2.30. The van der Waals surface area contributed by atoms with Gasteiger partial charge < -0.3 is 9.67 Å². The highest BCUT2D eigenvalue weighted by atomic mass is 32.2. The first-order valence-electron chi connectivity index (χ1n) is 6.10. The summed E-state index contributed by atoms with van der Waals surface area (Å²) in [6.07, 6.45) is 0.936. The van der Waals surface area contributed by atoms with E-state index in [4.69, 9.17) is 5.11 Å². The lowest BCUT2D eigenvalue weighted by Crippen LogP contribution is -2.28. The molecule has 0 saturated heterocycles. The molecule has 0 atom stereocenters. The molecule has 0 amide bonds. The number of hydrogen-bond donors (Lipinski definition) is 1. The molecule has 5 nitrogen and oxygen atoms in total. The summed E-state index contributed by atoms with van der Waals surface area (Å²) in [7, 11) is 0. The molecule has 1 aromatic rings. The van der Waals surface area contributed by atoms with Crippen LogP contribution in [0.5, 0.6) is 0 Å². The molecule has 6 heteroatoms. The number of nitrogens with zero attached hydrogens (tertiary/aromatic N) is 3. The number of rotatable bonds is 6. The summed E-state index contributed by atoms with van der Waals surface area (Å²) in [6.45, 7) is 10.5. The first-order valence-corrected chi connectivity index (χ1v) is 7.08. The van der Waals surface area contributed by atoms with Crippen molar-refractivity contribution in [3.8, 4) is 0 Å². The number of thioether (sulfide) groups is 1. The van der Waals surface area contributed by atoms with Gasteiger partial charge in [0.25, 0.3) is 0 Å². The Bertz CT molecular complexity index is 427. The van der Waals surface area contributed by atoms with E-state index in [1.165, 1.54) is 11.8 Å². The van der Waals surface area contributed by atoms with Gasteiger partial charge >= 0.3 is 5.97 Å². The highest BCUT2D eigenvalue weighted by Gasteiger charge is 2.27. The summed E-state index contributed by atoms with van der Waals surface area (Å²) in [6, 6.07) is 0. The van der Waals surface area contributed by atoms with Crippen LogP contribution in [0.2, 0.25) is 0 Å². The maximum Gasteiger partial charge on any atom is 0.313 e. The largest absolute Gasteiger partial charge is 0.481 e. The fraction of sp³-hybridized carbons (Fsp3) is 0.750. The first-order chi connectivity index (χ1) is 8.29. The van der Waals surface area contributed by atoms with Gasteiger partial charge in [-0.1, -0.05) is 32.5 Å². The summed E-state index contributed by atoms with van der Waals surface area (Å²) in [5, 5.41) is 17.8. The number of aliphatic carboxylic acids is 1. The van der Waals surface area contributed by atoms with Crippen molar-refractivity contribution < 1.29 is 9.90 Å². The quantitative estimate of drug-likeness (QED) is 0.806. The molecule has 0 aromatic carbocycles. The summed E-state index contributed by atoms with van der Waals surface area (Å²) < 4.78 is 2.07. The Morgan fingerprint density at radius 2 is 2.06 bits per heavy atom. The molecule has 1 N–H and O–H groups in total. The van der Waals surface area contributed by atoms with E-state index >= 15 is 0 Å². The molecule has 18 heavy (non-hydrogen) atoms. The molecule has 0 aliphatic rings. The van der Waals surface area contributed by atoms with Crippen molar-refractivity contribution in [1.29, 1.82) is 0 Å². The van der Waals surface area contributed by atoms with Crippen molar-refractivity contribution in [2.24, 2.45) is 0 Å². The molecule has 0 radical (unpaired) electrons. The number of carboxylic acids is 1. The van der Waals surface area contributed by atoms with Crippen LogP contribution >= 0.6 is 11.8 Å². The third kappa shape index (κ3) is 3.25. The lowest BCUT2D eigenvalue weighted by atomic mass is 10.0. The Hall–Kier alpha value is -1.04. The lowest BCUT2D eigenvalue weighted by Gasteiger charge is -2.28. The van der Waals surface area contributed by atoms with Crippen molar-refractivity contribution in [3.05, 3.63) is 5.82 Å². The summed E-state index contributed by atoms with van der Waals surface area (Å²) in [5.74, 6) is 0.350. The van der Waals surface area contributed by atoms with Crippen LogP contribution in [0.4, 0.5) is 0 Å². The third-order valence-corrected chi connectivity index (χ3v) is 3.88. The Morgan fingerprint density at radius 3 is 2.50 bits per heavy atom. The minimum absolute atomic E-state index is 0.00994. The van der Waals surface area contributed by atoms with E-state index in [1.54, 1.807) is 0 Å². The van der Waals surface area contributed by atoms with Gasteiger partial charge in [-0.3, -0.25) is 4.79 Å². The van der Waals surface area contributed by atoms with E-state index in [1.807, 2.05) is 0 Å². The molecule has 102 valence electrons. The summed E-state index contributed by atoms with van der Waals surface area (Å²) >= 11 is 1.23. The van der Waals surface area contributed by atoms with Crippen LogP contribution in [0.15, 0.2) is 5.16 Å². The van der Waals surface area contributed by atoms with Crippen LogP contribution < -0.4 is 0 Å². The Labute approximate surface area is 112 Å². The Morgan fingerprint density at radius 1 is 1.44 bits per heavy atom. The monoisotopic (exact) mass is 271 g/mol. The Kier molecular flexibility index (Phi) is 4.78. The maximum atomic E-state index is 10.7. The topological polar surface area (TPSA) is 68.0 Å². The van der Waals surface area contributed by atoms with Crippen LogP contribution in [0.3, 0.4) is 0 Å². The predicted octanol–water partition coefficient (Wildman–Crippen LogP) is 2.72. The fourth-order valence-electron chi connectivity index (χ4n) is 1.60. The smallest absolute Gasteiger partial charge is 0.313 e. The van der Waals surface area contributed by atoms with Crippen LogP contribution in [-0.2, 0) is 10.3 Å². The van der Waals surface area contributed by atoms with Gasteiger partial charge in [0.05, 0.1) is 5.75 Å². The standard InChI is InChI=1S/C12H21N3O2S/c1-6-12(4,5)15-10(8(2)3)13-14-11(15)18-7-9(16)17/h8H,6-7H2,1-5H3,(H,16,17). The maximum absolute atomic E-state index is 10.7. The third-order valence-electron chi connectivity index (χ3n) is 2.97. The van der Waals surface area contributed by atoms with E-state index in [0.717, 1.165) is 12.2 Å². The summed E-state index contributed by atoms with van der Waals surface area (Å²) in [5.41, 5.74) is -0.107. The van der Waals surface area contributed by atoms with Crippen LogP contribution in [0.25, 0.3) is 0 Å². The van der Waals surface area contributed by atoms with Crippen LogP contribution in [-0.4, -0.2) is 31.6 Å².